The number of carbonyl (C=O) groups is 1. The van der Waals surface area contributed by atoms with Crippen LogP contribution >= 0.6 is 23.2 Å². The lowest BCUT2D eigenvalue weighted by molar-refractivity contribution is -0.140. The number of nitrogens with zero attached hydrogens (tertiary/aromatic N) is 1. The zero-order valence-corrected chi connectivity index (χ0v) is 14.5. The van der Waals surface area contributed by atoms with Crippen molar-refractivity contribution in [1.82, 2.24) is 0 Å². The largest absolute Gasteiger partial charge is 0.481 e. The van der Waals surface area contributed by atoms with Crippen molar-refractivity contribution < 1.29 is 14.3 Å². The average molecular weight is 378 g/mol. The number of halogens is 2. The molecule has 1 unspecified atom stereocenters. The van der Waals surface area contributed by atoms with Gasteiger partial charge in [0.25, 0.3) is 0 Å². The molecule has 0 amide bonds. The van der Waals surface area contributed by atoms with Gasteiger partial charge in [-0.3, -0.25) is 9.59 Å². The standard InChI is InChI=1S/C18H13Cl2NO4/c19-12-3-4-13(20)17-15(12)16(22)11-2-1-10(7-14(11)25-17)21-6-5-9(8-21)18(23)24/h1-4,7,9H,5-6,8H2,(H,23,24). The van der Waals surface area contributed by atoms with E-state index in [0.29, 0.717) is 40.5 Å². The molecule has 1 aliphatic heterocycles. The first-order chi connectivity index (χ1) is 12.0. The summed E-state index contributed by atoms with van der Waals surface area (Å²) < 4.78 is 5.85. The van der Waals surface area contributed by atoms with Gasteiger partial charge in [0.05, 0.1) is 26.7 Å². The van der Waals surface area contributed by atoms with E-state index >= 15 is 0 Å². The van der Waals surface area contributed by atoms with Crippen molar-refractivity contribution in [1.29, 1.82) is 0 Å². The maximum Gasteiger partial charge on any atom is 0.308 e. The molecule has 1 aromatic heterocycles. The molecule has 3 aromatic rings. The highest BCUT2D eigenvalue weighted by Crippen LogP contribution is 2.32. The first-order valence-electron chi connectivity index (χ1n) is 7.78. The van der Waals surface area contributed by atoms with E-state index in [2.05, 4.69) is 0 Å². The van der Waals surface area contributed by atoms with Gasteiger partial charge in [-0.15, -0.1) is 0 Å². The smallest absolute Gasteiger partial charge is 0.308 e. The molecular formula is C18H13Cl2NO4. The van der Waals surface area contributed by atoms with Gasteiger partial charge < -0.3 is 14.4 Å². The zero-order chi connectivity index (χ0) is 17.7. The van der Waals surface area contributed by atoms with Crippen molar-refractivity contribution in [3.63, 3.8) is 0 Å². The predicted octanol–water partition coefficient (Wildman–Crippen LogP) is 4.16. The molecule has 128 valence electrons. The second kappa shape index (κ2) is 5.93. The monoisotopic (exact) mass is 377 g/mol. The molecule has 1 saturated heterocycles. The summed E-state index contributed by atoms with van der Waals surface area (Å²) in [6.45, 7) is 1.08. The molecule has 2 aromatic carbocycles. The molecule has 1 N–H and O–H groups in total. The molecule has 1 fully saturated rings. The van der Waals surface area contributed by atoms with Crippen molar-refractivity contribution in [3.05, 3.63) is 50.6 Å². The summed E-state index contributed by atoms with van der Waals surface area (Å²) in [5.41, 5.74) is 1.24. The fourth-order valence-electron chi connectivity index (χ4n) is 3.27. The number of rotatable bonds is 2. The van der Waals surface area contributed by atoms with Gasteiger partial charge in [-0.2, -0.15) is 0 Å². The van der Waals surface area contributed by atoms with E-state index in [-0.39, 0.29) is 22.3 Å². The molecule has 5 nitrogen and oxygen atoms in total. The molecule has 2 heterocycles. The van der Waals surface area contributed by atoms with Crippen molar-refractivity contribution in [2.75, 3.05) is 18.0 Å². The van der Waals surface area contributed by atoms with Crippen LogP contribution in [0.3, 0.4) is 0 Å². The van der Waals surface area contributed by atoms with E-state index in [4.69, 9.17) is 32.7 Å². The Morgan fingerprint density at radius 2 is 1.96 bits per heavy atom. The van der Waals surface area contributed by atoms with E-state index in [0.717, 1.165) is 5.69 Å². The van der Waals surface area contributed by atoms with E-state index in [9.17, 15) is 9.59 Å². The Kier molecular flexibility index (Phi) is 3.85. The molecular weight excluding hydrogens is 365 g/mol. The molecule has 0 bridgehead atoms. The van der Waals surface area contributed by atoms with Crippen LogP contribution in [0.1, 0.15) is 6.42 Å². The van der Waals surface area contributed by atoms with Crippen molar-refractivity contribution in [2.24, 2.45) is 5.92 Å². The first-order valence-corrected chi connectivity index (χ1v) is 8.53. The summed E-state index contributed by atoms with van der Waals surface area (Å²) in [6, 6.07) is 8.38. The van der Waals surface area contributed by atoms with Crippen LogP contribution in [0.5, 0.6) is 0 Å². The van der Waals surface area contributed by atoms with Gasteiger partial charge in [-0.25, -0.2) is 0 Å². The van der Waals surface area contributed by atoms with Crippen LogP contribution < -0.4 is 10.3 Å². The van der Waals surface area contributed by atoms with Crippen LogP contribution in [0.2, 0.25) is 10.0 Å². The molecule has 25 heavy (non-hydrogen) atoms. The molecule has 0 spiro atoms. The summed E-state index contributed by atoms with van der Waals surface area (Å²) in [5.74, 6) is -1.17. The van der Waals surface area contributed by atoms with Gasteiger partial charge in [0.2, 0.25) is 5.43 Å². The lowest BCUT2D eigenvalue weighted by Gasteiger charge is -2.18. The minimum Gasteiger partial charge on any atom is -0.481 e. The van der Waals surface area contributed by atoms with Gasteiger partial charge in [-0.05, 0) is 30.7 Å². The van der Waals surface area contributed by atoms with Gasteiger partial charge in [0.15, 0.2) is 5.58 Å². The Bertz CT molecular complexity index is 1080. The fourth-order valence-corrected chi connectivity index (χ4v) is 3.70. The molecule has 1 aliphatic rings. The molecule has 0 radical (unpaired) electrons. The van der Waals surface area contributed by atoms with Crippen LogP contribution in [0.15, 0.2) is 39.5 Å². The third kappa shape index (κ3) is 2.64. The number of hydrogen-bond acceptors (Lipinski definition) is 4. The van der Waals surface area contributed by atoms with Crippen LogP contribution in [-0.2, 0) is 4.79 Å². The normalized spacial score (nSPS) is 17.5. The van der Waals surface area contributed by atoms with E-state index in [1.807, 2.05) is 4.90 Å². The van der Waals surface area contributed by atoms with Gasteiger partial charge >= 0.3 is 5.97 Å². The van der Waals surface area contributed by atoms with E-state index in [1.165, 1.54) is 0 Å². The quantitative estimate of drug-likeness (QED) is 0.678. The Morgan fingerprint density at radius 1 is 1.20 bits per heavy atom. The summed E-state index contributed by atoms with van der Waals surface area (Å²) >= 11 is 12.3. The van der Waals surface area contributed by atoms with Gasteiger partial charge in [0, 0.05) is 24.8 Å². The minimum absolute atomic E-state index is 0.236. The van der Waals surface area contributed by atoms with Crippen molar-refractivity contribution >= 4 is 56.8 Å². The fraction of sp³-hybridized carbons (Fsp3) is 0.222. The second-order valence-corrected chi connectivity index (χ2v) is 6.93. The summed E-state index contributed by atoms with van der Waals surface area (Å²) in [5, 5.41) is 10.4. The Hall–Kier alpha value is -2.24. The molecule has 0 saturated carbocycles. The zero-order valence-electron chi connectivity index (χ0n) is 13.0. The third-order valence-electron chi connectivity index (χ3n) is 4.61. The van der Waals surface area contributed by atoms with E-state index < -0.39 is 5.97 Å². The first kappa shape index (κ1) is 16.2. The highest BCUT2D eigenvalue weighted by atomic mass is 35.5. The topological polar surface area (TPSA) is 70.8 Å². The lowest BCUT2D eigenvalue weighted by atomic mass is 10.1. The van der Waals surface area contributed by atoms with Gasteiger partial charge in [-0.1, -0.05) is 23.2 Å². The second-order valence-electron chi connectivity index (χ2n) is 6.11. The number of anilines is 1. The molecule has 7 heteroatoms. The van der Waals surface area contributed by atoms with Gasteiger partial charge in [0.1, 0.15) is 5.58 Å². The molecule has 4 rings (SSSR count). The van der Waals surface area contributed by atoms with Crippen molar-refractivity contribution in [3.8, 4) is 0 Å². The van der Waals surface area contributed by atoms with Crippen LogP contribution in [0, 0.1) is 5.92 Å². The molecule has 0 aliphatic carbocycles. The number of carboxylic acids is 1. The summed E-state index contributed by atoms with van der Waals surface area (Å²) in [4.78, 5) is 25.9. The average Bonchev–Trinajstić information content (AvgIpc) is 3.08. The number of benzene rings is 2. The van der Waals surface area contributed by atoms with Crippen LogP contribution in [0.25, 0.3) is 21.9 Å². The van der Waals surface area contributed by atoms with Crippen LogP contribution in [0.4, 0.5) is 5.69 Å². The minimum atomic E-state index is -0.790. The Balaban J connectivity index is 1.87. The maximum absolute atomic E-state index is 12.7. The predicted molar refractivity (Wildman–Crippen MR) is 98.0 cm³/mol. The summed E-state index contributed by atoms with van der Waals surface area (Å²) in [7, 11) is 0. The number of carboxylic acid groups (broad SMARTS) is 1. The summed E-state index contributed by atoms with van der Waals surface area (Å²) in [6.07, 6.45) is 0.594. The lowest BCUT2D eigenvalue weighted by Crippen LogP contribution is -2.22. The number of aliphatic carboxylic acids is 1. The number of hydrogen-bond donors (Lipinski definition) is 1. The maximum atomic E-state index is 12.7. The number of fused-ring (bicyclic) bond motifs is 2. The third-order valence-corrected chi connectivity index (χ3v) is 5.22. The highest BCUT2D eigenvalue weighted by molar-refractivity contribution is 6.39. The highest BCUT2D eigenvalue weighted by Gasteiger charge is 2.28. The van der Waals surface area contributed by atoms with Crippen LogP contribution in [-0.4, -0.2) is 24.2 Å². The van der Waals surface area contributed by atoms with Crippen molar-refractivity contribution in [2.45, 2.75) is 6.42 Å². The van der Waals surface area contributed by atoms with E-state index in [1.54, 1.807) is 30.3 Å². The SMILES string of the molecule is O=C(O)C1CCN(c2ccc3c(=O)c4c(Cl)ccc(Cl)c4oc3c2)C1. The Morgan fingerprint density at radius 3 is 2.68 bits per heavy atom. The Labute approximate surface area is 152 Å². The molecule has 1 atom stereocenters.